The number of thiazole rings is 1. The lowest BCUT2D eigenvalue weighted by Crippen LogP contribution is -2.48. The van der Waals surface area contributed by atoms with Gasteiger partial charge in [0.15, 0.2) is 0 Å². The second-order valence-electron chi connectivity index (χ2n) is 8.57. The summed E-state index contributed by atoms with van der Waals surface area (Å²) >= 11 is 1.43. The van der Waals surface area contributed by atoms with Crippen molar-refractivity contribution in [2.75, 3.05) is 44.2 Å². The van der Waals surface area contributed by atoms with E-state index in [9.17, 15) is 4.79 Å². The third-order valence-electron chi connectivity index (χ3n) is 6.94. The van der Waals surface area contributed by atoms with Crippen LogP contribution in [-0.2, 0) is 12.8 Å². The van der Waals surface area contributed by atoms with Gasteiger partial charge in [0, 0.05) is 51.0 Å². The fourth-order valence-corrected chi connectivity index (χ4v) is 5.79. The van der Waals surface area contributed by atoms with Crippen LogP contribution >= 0.6 is 11.3 Å². The fraction of sp³-hybridized carbons (Fsp3) is 0.565. The Balaban J connectivity index is 1.22. The minimum Gasteiger partial charge on any atom is -0.368 e. The number of piperazine rings is 1. The molecule has 3 aliphatic rings. The van der Waals surface area contributed by atoms with Gasteiger partial charge in [-0.05, 0) is 48.9 Å². The molecule has 0 unspecified atom stereocenters. The highest BCUT2D eigenvalue weighted by atomic mass is 32.1. The van der Waals surface area contributed by atoms with E-state index in [-0.39, 0.29) is 5.91 Å². The summed E-state index contributed by atoms with van der Waals surface area (Å²) in [5.41, 5.74) is 6.12. The van der Waals surface area contributed by atoms with E-state index in [0.717, 1.165) is 37.1 Å². The molecule has 3 heterocycles. The summed E-state index contributed by atoms with van der Waals surface area (Å²) in [6, 6.07) is 7.91. The van der Waals surface area contributed by atoms with Gasteiger partial charge in [-0.2, -0.15) is 0 Å². The lowest BCUT2D eigenvalue weighted by Gasteiger charge is -2.36. The van der Waals surface area contributed by atoms with Crippen molar-refractivity contribution in [3.05, 3.63) is 45.9 Å². The highest BCUT2D eigenvalue weighted by Gasteiger charge is 2.26. The smallest absolute Gasteiger partial charge is 0.265 e. The molecule has 1 saturated heterocycles. The van der Waals surface area contributed by atoms with Gasteiger partial charge in [-0.25, -0.2) is 0 Å². The molecule has 1 amide bonds. The summed E-state index contributed by atoms with van der Waals surface area (Å²) in [6.07, 6.45) is 9.65. The first-order valence-corrected chi connectivity index (χ1v) is 11.9. The normalized spacial score (nSPS) is 21.2. The van der Waals surface area contributed by atoms with E-state index in [2.05, 4.69) is 33.0 Å². The maximum atomic E-state index is 12.5. The Hall–Kier alpha value is -1.92. The van der Waals surface area contributed by atoms with Gasteiger partial charge in [0.05, 0.1) is 11.7 Å². The molecule has 154 valence electrons. The average molecular weight is 411 g/mol. The number of aromatic nitrogens is 1. The number of carbonyl (C=O) groups is 1. The quantitative estimate of drug-likeness (QED) is 0.777. The molecule has 2 fully saturated rings. The SMILES string of the molecule is O=C(c1cncs1)N1CCN(c2ccc3c(c2)CCN(C2CCCC2)CC3)CC1. The Bertz CT molecular complexity index is 839. The predicted octanol–water partition coefficient (Wildman–Crippen LogP) is 3.45. The monoisotopic (exact) mass is 410 g/mol. The molecule has 1 saturated carbocycles. The van der Waals surface area contributed by atoms with Crippen molar-refractivity contribution in [2.45, 2.75) is 44.6 Å². The van der Waals surface area contributed by atoms with E-state index < -0.39 is 0 Å². The van der Waals surface area contributed by atoms with Gasteiger partial charge in [0.2, 0.25) is 0 Å². The third-order valence-corrected chi connectivity index (χ3v) is 7.70. The molecule has 2 aromatic rings. The maximum absolute atomic E-state index is 12.5. The molecule has 0 spiro atoms. The van der Waals surface area contributed by atoms with E-state index in [1.807, 2.05) is 4.90 Å². The van der Waals surface area contributed by atoms with Crippen LogP contribution in [0.5, 0.6) is 0 Å². The van der Waals surface area contributed by atoms with Crippen LogP contribution in [0.1, 0.15) is 46.5 Å². The van der Waals surface area contributed by atoms with Crippen LogP contribution in [0.2, 0.25) is 0 Å². The number of nitrogens with zero attached hydrogens (tertiary/aromatic N) is 4. The van der Waals surface area contributed by atoms with Gasteiger partial charge < -0.3 is 9.80 Å². The van der Waals surface area contributed by atoms with E-state index in [1.54, 1.807) is 11.7 Å². The summed E-state index contributed by atoms with van der Waals surface area (Å²) in [5.74, 6) is 0.126. The maximum Gasteiger partial charge on any atom is 0.265 e. The van der Waals surface area contributed by atoms with Crippen molar-refractivity contribution in [2.24, 2.45) is 0 Å². The Morgan fingerprint density at radius 3 is 2.45 bits per heavy atom. The minimum atomic E-state index is 0.126. The molecule has 29 heavy (non-hydrogen) atoms. The first-order valence-electron chi connectivity index (χ1n) is 11.1. The highest BCUT2D eigenvalue weighted by molar-refractivity contribution is 7.11. The van der Waals surface area contributed by atoms with Crippen LogP contribution in [0.15, 0.2) is 29.9 Å². The van der Waals surface area contributed by atoms with Crippen molar-refractivity contribution < 1.29 is 4.79 Å². The third kappa shape index (κ3) is 4.05. The van der Waals surface area contributed by atoms with Crippen molar-refractivity contribution >= 4 is 22.9 Å². The number of hydrogen-bond donors (Lipinski definition) is 0. The Labute approximate surface area is 177 Å². The van der Waals surface area contributed by atoms with Gasteiger partial charge in [0.25, 0.3) is 5.91 Å². The molecule has 1 aliphatic carbocycles. The van der Waals surface area contributed by atoms with Gasteiger partial charge in [-0.3, -0.25) is 14.7 Å². The first kappa shape index (κ1) is 19.1. The Morgan fingerprint density at radius 2 is 1.72 bits per heavy atom. The predicted molar refractivity (Wildman–Crippen MR) is 118 cm³/mol. The van der Waals surface area contributed by atoms with Crippen molar-refractivity contribution in [3.63, 3.8) is 0 Å². The number of hydrogen-bond acceptors (Lipinski definition) is 5. The van der Waals surface area contributed by atoms with Crippen LogP contribution < -0.4 is 4.90 Å². The van der Waals surface area contributed by atoms with Crippen LogP contribution in [0.4, 0.5) is 5.69 Å². The number of fused-ring (bicyclic) bond motifs is 1. The summed E-state index contributed by atoms with van der Waals surface area (Å²) in [5, 5.41) is 0. The molecule has 0 N–H and O–H groups in total. The van der Waals surface area contributed by atoms with Crippen LogP contribution in [0, 0.1) is 0 Å². The molecule has 0 atom stereocenters. The minimum absolute atomic E-state index is 0.126. The Morgan fingerprint density at radius 1 is 0.966 bits per heavy atom. The van der Waals surface area contributed by atoms with Crippen molar-refractivity contribution in [3.8, 4) is 0 Å². The summed E-state index contributed by atoms with van der Waals surface area (Å²) < 4.78 is 0. The lowest BCUT2D eigenvalue weighted by atomic mass is 10.0. The van der Waals surface area contributed by atoms with Crippen molar-refractivity contribution in [1.29, 1.82) is 0 Å². The molecule has 0 radical (unpaired) electrons. The van der Waals surface area contributed by atoms with Gasteiger partial charge in [-0.1, -0.05) is 18.9 Å². The first-order chi connectivity index (χ1) is 14.3. The van der Waals surface area contributed by atoms with Crippen LogP contribution in [0.3, 0.4) is 0 Å². The zero-order chi connectivity index (χ0) is 19.6. The second kappa shape index (κ2) is 8.44. The standard InChI is InChI=1S/C23H30N4OS/c28-23(22-16-24-17-29-22)27-13-11-26(12-14-27)21-6-5-18-7-9-25(10-8-19(18)15-21)20-3-1-2-4-20/h5-6,15-17,20H,1-4,7-14H2. The Kier molecular flexibility index (Phi) is 5.55. The largest absolute Gasteiger partial charge is 0.368 e. The molecule has 6 heteroatoms. The summed E-state index contributed by atoms with van der Waals surface area (Å²) in [6.45, 7) is 5.79. The zero-order valence-electron chi connectivity index (χ0n) is 17.1. The number of benzene rings is 1. The summed E-state index contributed by atoms with van der Waals surface area (Å²) in [7, 11) is 0. The topological polar surface area (TPSA) is 39.7 Å². The summed E-state index contributed by atoms with van der Waals surface area (Å²) in [4.78, 5) is 24.5. The molecular formula is C23H30N4OS. The molecule has 1 aromatic heterocycles. The van der Waals surface area contributed by atoms with E-state index in [0.29, 0.717) is 0 Å². The van der Waals surface area contributed by atoms with E-state index >= 15 is 0 Å². The van der Waals surface area contributed by atoms with Crippen LogP contribution in [-0.4, -0.2) is 66.0 Å². The number of anilines is 1. The van der Waals surface area contributed by atoms with Gasteiger partial charge in [-0.15, -0.1) is 11.3 Å². The molecular weight excluding hydrogens is 380 g/mol. The second-order valence-corrected chi connectivity index (χ2v) is 9.46. The average Bonchev–Trinajstić information content (AvgIpc) is 3.45. The molecule has 2 aliphatic heterocycles. The van der Waals surface area contributed by atoms with Crippen molar-refractivity contribution in [1.82, 2.24) is 14.8 Å². The fourth-order valence-electron chi connectivity index (χ4n) is 5.21. The number of amides is 1. The molecule has 0 bridgehead atoms. The van der Waals surface area contributed by atoms with Gasteiger partial charge in [0.1, 0.15) is 4.88 Å². The molecule has 5 rings (SSSR count). The van der Waals surface area contributed by atoms with Crippen LogP contribution in [0.25, 0.3) is 0 Å². The highest BCUT2D eigenvalue weighted by Crippen LogP contribution is 2.28. The number of carbonyl (C=O) groups excluding carboxylic acids is 1. The number of rotatable bonds is 3. The van der Waals surface area contributed by atoms with E-state index in [1.165, 1.54) is 79.8 Å². The van der Waals surface area contributed by atoms with E-state index in [4.69, 9.17) is 0 Å². The molecule has 5 nitrogen and oxygen atoms in total. The lowest BCUT2D eigenvalue weighted by molar-refractivity contribution is 0.0751. The van der Waals surface area contributed by atoms with Gasteiger partial charge >= 0.3 is 0 Å². The molecule has 1 aromatic carbocycles. The zero-order valence-corrected chi connectivity index (χ0v) is 17.9.